The maximum atomic E-state index is 4.40. The highest BCUT2D eigenvalue weighted by Gasteiger charge is 2.37. The van der Waals surface area contributed by atoms with Crippen molar-refractivity contribution >= 4 is 17.3 Å². The lowest BCUT2D eigenvalue weighted by molar-refractivity contribution is 0.0756. The zero-order chi connectivity index (χ0) is 15.5. The summed E-state index contributed by atoms with van der Waals surface area (Å²) in [4.78, 5) is 13.8. The number of rotatable bonds is 3. The Hall–Kier alpha value is -1.46. The van der Waals surface area contributed by atoms with E-state index in [9.17, 15) is 0 Å². The zero-order valence-corrected chi connectivity index (χ0v) is 14.3. The SMILES string of the molecule is c1cnc(N2CCC3(CCN(Cc4ccsc4)CC3)CC2)nc1. The van der Waals surface area contributed by atoms with E-state index in [2.05, 4.69) is 36.6 Å². The summed E-state index contributed by atoms with van der Waals surface area (Å²) in [5, 5.41) is 4.46. The molecule has 0 N–H and O–H groups in total. The van der Waals surface area contributed by atoms with Crippen LogP contribution in [0.15, 0.2) is 35.3 Å². The third kappa shape index (κ3) is 3.40. The highest BCUT2D eigenvalue weighted by Crippen LogP contribution is 2.41. The van der Waals surface area contributed by atoms with Gasteiger partial charge in [-0.25, -0.2) is 9.97 Å². The molecule has 0 atom stereocenters. The van der Waals surface area contributed by atoms with Crippen LogP contribution in [0.2, 0.25) is 0 Å². The molecule has 0 saturated carbocycles. The van der Waals surface area contributed by atoms with E-state index in [1.807, 2.05) is 18.5 Å². The van der Waals surface area contributed by atoms with Crippen LogP contribution in [0.3, 0.4) is 0 Å². The standard InChI is InChI=1S/C18H24N4S/c1-7-19-17(20-8-1)22-11-5-18(6-12-22)3-9-21(10-4-18)14-16-2-13-23-15-16/h1-2,7-8,13,15H,3-6,9-12,14H2. The Morgan fingerprint density at radius 2 is 1.70 bits per heavy atom. The van der Waals surface area contributed by atoms with E-state index in [1.165, 1.54) is 44.3 Å². The van der Waals surface area contributed by atoms with Crippen molar-refractivity contribution in [3.63, 3.8) is 0 Å². The fourth-order valence-electron chi connectivity index (χ4n) is 3.96. The monoisotopic (exact) mass is 328 g/mol. The predicted molar refractivity (Wildman–Crippen MR) is 94.7 cm³/mol. The number of aromatic nitrogens is 2. The van der Waals surface area contributed by atoms with Crippen LogP contribution in [0, 0.1) is 5.41 Å². The summed E-state index contributed by atoms with van der Waals surface area (Å²) in [6.07, 6.45) is 8.96. The minimum absolute atomic E-state index is 0.566. The van der Waals surface area contributed by atoms with Crippen molar-refractivity contribution in [3.05, 3.63) is 40.8 Å². The molecule has 0 bridgehead atoms. The van der Waals surface area contributed by atoms with Gasteiger partial charge in [0.1, 0.15) is 0 Å². The average molecular weight is 328 g/mol. The first-order valence-corrected chi connectivity index (χ1v) is 9.53. The van der Waals surface area contributed by atoms with Crippen molar-refractivity contribution in [3.8, 4) is 0 Å². The lowest BCUT2D eigenvalue weighted by Gasteiger charge is -2.46. The third-order valence-corrected chi connectivity index (χ3v) is 6.29. The first-order chi connectivity index (χ1) is 11.3. The molecular weight excluding hydrogens is 304 g/mol. The summed E-state index contributed by atoms with van der Waals surface area (Å²) in [5.74, 6) is 0.900. The summed E-state index contributed by atoms with van der Waals surface area (Å²) >= 11 is 1.80. The fraction of sp³-hybridized carbons (Fsp3) is 0.556. The molecule has 2 aliphatic rings. The van der Waals surface area contributed by atoms with Crippen LogP contribution in [0.25, 0.3) is 0 Å². The van der Waals surface area contributed by atoms with Crippen molar-refractivity contribution in [1.82, 2.24) is 14.9 Å². The molecule has 1 spiro atoms. The van der Waals surface area contributed by atoms with Crippen LogP contribution in [-0.4, -0.2) is 41.0 Å². The predicted octanol–water partition coefficient (Wildman–Crippen LogP) is 3.42. The normalized spacial score (nSPS) is 21.7. The van der Waals surface area contributed by atoms with E-state index >= 15 is 0 Å². The van der Waals surface area contributed by atoms with Gasteiger partial charge in [0.2, 0.25) is 5.95 Å². The van der Waals surface area contributed by atoms with Gasteiger partial charge in [0, 0.05) is 32.0 Å². The van der Waals surface area contributed by atoms with Gasteiger partial charge in [0.15, 0.2) is 0 Å². The minimum atomic E-state index is 0.566. The number of hydrogen-bond acceptors (Lipinski definition) is 5. The second-order valence-electron chi connectivity index (χ2n) is 6.94. The Balaban J connectivity index is 1.30. The van der Waals surface area contributed by atoms with E-state index in [0.717, 1.165) is 25.6 Å². The number of thiophene rings is 1. The fourth-order valence-corrected chi connectivity index (χ4v) is 4.62. The van der Waals surface area contributed by atoms with Crippen LogP contribution < -0.4 is 4.90 Å². The quantitative estimate of drug-likeness (QED) is 0.864. The largest absolute Gasteiger partial charge is 0.341 e. The molecule has 4 nitrogen and oxygen atoms in total. The second-order valence-corrected chi connectivity index (χ2v) is 7.72. The van der Waals surface area contributed by atoms with Crippen LogP contribution in [0.1, 0.15) is 31.2 Å². The maximum Gasteiger partial charge on any atom is 0.225 e. The summed E-state index contributed by atoms with van der Waals surface area (Å²) in [7, 11) is 0. The molecule has 4 heterocycles. The maximum absolute atomic E-state index is 4.40. The summed E-state index contributed by atoms with van der Waals surface area (Å²) in [6, 6.07) is 4.14. The molecule has 0 unspecified atom stereocenters. The summed E-state index contributed by atoms with van der Waals surface area (Å²) in [5.41, 5.74) is 2.04. The topological polar surface area (TPSA) is 32.3 Å². The first kappa shape index (κ1) is 15.1. The first-order valence-electron chi connectivity index (χ1n) is 8.58. The molecule has 2 aliphatic heterocycles. The van der Waals surface area contributed by atoms with Gasteiger partial charge in [-0.3, -0.25) is 4.90 Å². The lowest BCUT2D eigenvalue weighted by atomic mass is 9.71. The number of nitrogens with zero attached hydrogens (tertiary/aromatic N) is 4. The molecule has 23 heavy (non-hydrogen) atoms. The van der Waals surface area contributed by atoms with Crippen LogP contribution in [-0.2, 0) is 6.54 Å². The van der Waals surface area contributed by atoms with Crippen molar-refractivity contribution in [2.24, 2.45) is 5.41 Å². The van der Waals surface area contributed by atoms with Crippen molar-refractivity contribution in [2.75, 3.05) is 31.1 Å². The van der Waals surface area contributed by atoms with Crippen LogP contribution >= 0.6 is 11.3 Å². The molecule has 0 radical (unpaired) electrons. The van der Waals surface area contributed by atoms with Crippen molar-refractivity contribution in [2.45, 2.75) is 32.2 Å². The highest BCUT2D eigenvalue weighted by molar-refractivity contribution is 7.07. The third-order valence-electron chi connectivity index (χ3n) is 5.56. The average Bonchev–Trinajstić information content (AvgIpc) is 3.12. The molecule has 5 heteroatoms. The van der Waals surface area contributed by atoms with Gasteiger partial charge in [0.05, 0.1) is 0 Å². The Labute approximate surface area is 142 Å². The molecule has 0 aliphatic carbocycles. The molecule has 2 fully saturated rings. The Morgan fingerprint density at radius 1 is 1.00 bits per heavy atom. The molecule has 4 rings (SSSR count). The van der Waals surface area contributed by atoms with Gasteiger partial charge in [-0.15, -0.1) is 0 Å². The van der Waals surface area contributed by atoms with E-state index in [0.29, 0.717) is 5.41 Å². The molecule has 0 aromatic carbocycles. The smallest absolute Gasteiger partial charge is 0.225 e. The van der Waals surface area contributed by atoms with Gasteiger partial charge >= 0.3 is 0 Å². The molecule has 2 aromatic heterocycles. The van der Waals surface area contributed by atoms with Crippen LogP contribution in [0.4, 0.5) is 5.95 Å². The Morgan fingerprint density at radius 3 is 2.35 bits per heavy atom. The number of hydrogen-bond donors (Lipinski definition) is 0. The molecule has 2 aromatic rings. The van der Waals surface area contributed by atoms with Crippen molar-refractivity contribution < 1.29 is 0 Å². The molecule has 0 amide bonds. The molecular formula is C18H24N4S. The van der Waals surface area contributed by atoms with Crippen molar-refractivity contribution in [1.29, 1.82) is 0 Å². The Bertz CT molecular complexity index is 595. The Kier molecular flexibility index (Phi) is 4.31. The minimum Gasteiger partial charge on any atom is -0.341 e. The number of piperidine rings is 2. The van der Waals surface area contributed by atoms with Crippen LogP contribution in [0.5, 0.6) is 0 Å². The van der Waals surface area contributed by atoms with E-state index in [-0.39, 0.29) is 0 Å². The van der Waals surface area contributed by atoms with Gasteiger partial charge in [-0.05, 0) is 72.6 Å². The number of likely N-dealkylation sites (tertiary alicyclic amines) is 1. The van der Waals surface area contributed by atoms with Gasteiger partial charge in [0.25, 0.3) is 0 Å². The van der Waals surface area contributed by atoms with Gasteiger partial charge in [-0.2, -0.15) is 11.3 Å². The lowest BCUT2D eigenvalue weighted by Crippen LogP contribution is -2.47. The van der Waals surface area contributed by atoms with Gasteiger partial charge in [-0.1, -0.05) is 0 Å². The summed E-state index contributed by atoms with van der Waals surface area (Å²) in [6.45, 7) is 5.84. The van der Waals surface area contributed by atoms with E-state index in [1.54, 1.807) is 11.3 Å². The zero-order valence-electron chi connectivity index (χ0n) is 13.5. The van der Waals surface area contributed by atoms with E-state index < -0.39 is 0 Å². The van der Waals surface area contributed by atoms with E-state index in [4.69, 9.17) is 0 Å². The molecule has 122 valence electrons. The second kappa shape index (κ2) is 6.57. The number of anilines is 1. The van der Waals surface area contributed by atoms with Gasteiger partial charge < -0.3 is 4.90 Å². The highest BCUT2D eigenvalue weighted by atomic mass is 32.1. The summed E-state index contributed by atoms with van der Waals surface area (Å²) < 4.78 is 0. The molecule has 2 saturated heterocycles.